The molecule has 2 rings (SSSR count). The lowest BCUT2D eigenvalue weighted by Crippen LogP contribution is -2.43. The minimum Gasteiger partial charge on any atom is -0.389 e. The van der Waals surface area contributed by atoms with Crippen molar-refractivity contribution < 1.29 is 8.42 Å². The fourth-order valence-electron chi connectivity index (χ4n) is 2.50. The van der Waals surface area contributed by atoms with E-state index in [1.54, 1.807) is 0 Å². The molecule has 0 heterocycles. The Balaban J connectivity index is 2.30. The van der Waals surface area contributed by atoms with Crippen molar-refractivity contribution >= 4 is 38.8 Å². The van der Waals surface area contributed by atoms with Gasteiger partial charge in [-0.15, -0.1) is 0 Å². The molecule has 20 heavy (non-hydrogen) atoms. The normalized spacial score (nSPS) is 18.1. The number of hydrogen-bond donors (Lipinski definition) is 2. The first-order chi connectivity index (χ1) is 9.23. The van der Waals surface area contributed by atoms with E-state index in [-0.39, 0.29) is 20.4 Å². The van der Waals surface area contributed by atoms with Crippen molar-refractivity contribution in [1.82, 2.24) is 4.72 Å². The average Bonchev–Trinajstić information content (AvgIpc) is 2.74. The lowest BCUT2D eigenvalue weighted by Gasteiger charge is -2.25. The summed E-state index contributed by atoms with van der Waals surface area (Å²) in [5.41, 5.74) is 5.62. The molecule has 1 saturated carbocycles. The molecule has 1 aliphatic carbocycles. The number of sulfonamides is 1. The van der Waals surface area contributed by atoms with Crippen molar-refractivity contribution in [2.45, 2.75) is 43.0 Å². The lowest BCUT2D eigenvalue weighted by molar-refractivity contribution is 0.427. The number of nitrogens with one attached hydrogen (secondary N) is 1. The van der Waals surface area contributed by atoms with Gasteiger partial charge in [0.05, 0.1) is 9.92 Å². The second kappa shape index (κ2) is 5.60. The first kappa shape index (κ1) is 15.7. The van der Waals surface area contributed by atoms with Gasteiger partial charge in [0.2, 0.25) is 10.0 Å². The molecule has 0 spiro atoms. The van der Waals surface area contributed by atoms with Gasteiger partial charge in [0.15, 0.2) is 0 Å². The second-order valence-corrected chi connectivity index (χ2v) is 7.91. The van der Waals surface area contributed by atoms with E-state index < -0.39 is 10.0 Å². The Morgan fingerprint density at radius 1 is 1.40 bits per heavy atom. The van der Waals surface area contributed by atoms with Gasteiger partial charge >= 0.3 is 0 Å². The van der Waals surface area contributed by atoms with Crippen LogP contribution in [0, 0.1) is 0 Å². The summed E-state index contributed by atoms with van der Waals surface area (Å²) in [5, 5.41) is 0.247. The van der Waals surface area contributed by atoms with E-state index in [1.165, 1.54) is 18.2 Å². The van der Waals surface area contributed by atoms with E-state index in [4.69, 9.17) is 29.6 Å². The molecule has 1 aromatic carbocycles. The molecule has 0 atom stereocenters. The summed E-state index contributed by atoms with van der Waals surface area (Å²) < 4.78 is 27.6. The molecule has 0 unspecified atom stereocenters. The highest BCUT2D eigenvalue weighted by Crippen LogP contribution is 2.31. The van der Waals surface area contributed by atoms with Gasteiger partial charge in [0, 0.05) is 11.1 Å². The van der Waals surface area contributed by atoms with E-state index in [9.17, 15) is 8.42 Å². The zero-order valence-corrected chi connectivity index (χ0v) is 13.5. The van der Waals surface area contributed by atoms with Crippen LogP contribution in [-0.4, -0.2) is 18.9 Å². The molecule has 1 fully saturated rings. The van der Waals surface area contributed by atoms with Crippen LogP contribution in [0.4, 0.5) is 0 Å². The quantitative estimate of drug-likeness (QED) is 0.831. The van der Waals surface area contributed by atoms with Crippen LogP contribution in [0.1, 0.15) is 38.2 Å². The van der Waals surface area contributed by atoms with Crippen LogP contribution in [0.25, 0.3) is 0 Å². The monoisotopic (exact) mass is 332 g/mol. The first-order valence-corrected chi connectivity index (χ1v) is 8.64. The third-order valence-corrected chi connectivity index (χ3v) is 5.77. The molecule has 0 amide bonds. The highest BCUT2D eigenvalue weighted by Gasteiger charge is 2.33. The largest absolute Gasteiger partial charge is 0.389 e. The summed E-state index contributed by atoms with van der Waals surface area (Å²) in [6.07, 6.45) is 3.79. The summed E-state index contributed by atoms with van der Waals surface area (Å²) in [5.74, 6) is 0. The van der Waals surface area contributed by atoms with E-state index >= 15 is 0 Å². The Morgan fingerprint density at radius 2 is 2.00 bits per heavy atom. The van der Waals surface area contributed by atoms with Crippen LogP contribution in [0.15, 0.2) is 23.1 Å². The maximum Gasteiger partial charge on any atom is 0.241 e. The van der Waals surface area contributed by atoms with E-state index in [2.05, 4.69) is 4.72 Å². The fraction of sp³-hybridized carbons (Fsp3) is 0.462. The predicted octanol–water partition coefficient (Wildman–Crippen LogP) is 2.59. The Bertz CT molecular complexity index is 638. The third-order valence-electron chi connectivity index (χ3n) is 3.60. The maximum atomic E-state index is 12.4. The molecule has 3 N–H and O–H groups in total. The average molecular weight is 333 g/mol. The van der Waals surface area contributed by atoms with Gasteiger partial charge in [-0.3, -0.25) is 0 Å². The van der Waals surface area contributed by atoms with Crippen LogP contribution < -0.4 is 10.5 Å². The summed E-state index contributed by atoms with van der Waals surface area (Å²) in [6.45, 7) is 1.93. The predicted molar refractivity (Wildman–Crippen MR) is 84.5 cm³/mol. The van der Waals surface area contributed by atoms with Crippen LogP contribution in [0.3, 0.4) is 0 Å². The molecule has 110 valence electrons. The van der Waals surface area contributed by atoms with Crippen molar-refractivity contribution in [3.8, 4) is 0 Å². The van der Waals surface area contributed by atoms with E-state index in [0.717, 1.165) is 25.7 Å². The topological polar surface area (TPSA) is 72.2 Å². The number of nitrogens with two attached hydrogens (primary N) is 1. The van der Waals surface area contributed by atoms with Gasteiger partial charge in [-0.05, 0) is 38.0 Å². The summed E-state index contributed by atoms with van der Waals surface area (Å²) in [6, 6.07) is 4.40. The molecular formula is C13H17ClN2O2S2. The van der Waals surface area contributed by atoms with Crippen molar-refractivity contribution in [3.63, 3.8) is 0 Å². The molecule has 7 heteroatoms. The smallest absolute Gasteiger partial charge is 0.241 e. The summed E-state index contributed by atoms with van der Waals surface area (Å²) >= 11 is 10.9. The molecule has 0 aromatic heterocycles. The second-order valence-electron chi connectivity index (χ2n) is 5.38. The zero-order chi connectivity index (χ0) is 15.0. The molecule has 0 saturated heterocycles. The number of halogens is 1. The van der Waals surface area contributed by atoms with Crippen molar-refractivity contribution in [2.75, 3.05) is 0 Å². The van der Waals surface area contributed by atoms with Gasteiger partial charge in [0.1, 0.15) is 4.99 Å². The zero-order valence-electron chi connectivity index (χ0n) is 11.1. The molecule has 0 bridgehead atoms. The standard InChI is InChI=1S/C13H17ClN2O2S2/c1-13(6-2-3-7-13)16-20(17,18)9-4-5-10(12(15)19)11(14)8-9/h4-5,8,16H,2-3,6-7H2,1H3,(H2,15,19). The SMILES string of the molecule is CC1(NS(=O)(=O)c2ccc(C(N)=S)c(Cl)c2)CCCC1. The molecule has 1 aromatic rings. The van der Waals surface area contributed by atoms with Gasteiger partial charge in [-0.1, -0.05) is 36.7 Å². The minimum absolute atomic E-state index is 0.135. The Hall–Kier alpha value is -0.690. The number of thiocarbonyl (C=S) groups is 1. The van der Waals surface area contributed by atoms with E-state index in [1.807, 2.05) is 6.92 Å². The van der Waals surface area contributed by atoms with Gasteiger partial charge in [-0.2, -0.15) is 0 Å². The molecule has 1 aliphatic rings. The van der Waals surface area contributed by atoms with Crippen LogP contribution >= 0.6 is 23.8 Å². The number of rotatable bonds is 4. The lowest BCUT2D eigenvalue weighted by atomic mass is 10.0. The van der Waals surface area contributed by atoms with Crippen molar-refractivity contribution in [2.24, 2.45) is 5.73 Å². The van der Waals surface area contributed by atoms with Gasteiger partial charge in [0.25, 0.3) is 0 Å². The molecule has 0 radical (unpaired) electrons. The van der Waals surface area contributed by atoms with Crippen LogP contribution in [-0.2, 0) is 10.0 Å². The third kappa shape index (κ3) is 3.31. The fourth-order valence-corrected chi connectivity index (χ4v) is 4.58. The highest BCUT2D eigenvalue weighted by atomic mass is 35.5. The number of benzene rings is 1. The molecule has 4 nitrogen and oxygen atoms in total. The Kier molecular flexibility index (Phi) is 4.39. The molecular weight excluding hydrogens is 316 g/mol. The Morgan fingerprint density at radius 3 is 2.50 bits per heavy atom. The van der Waals surface area contributed by atoms with Gasteiger partial charge < -0.3 is 5.73 Å². The van der Waals surface area contributed by atoms with Gasteiger partial charge in [-0.25, -0.2) is 13.1 Å². The summed E-state index contributed by atoms with van der Waals surface area (Å²) in [7, 11) is -3.59. The minimum atomic E-state index is -3.59. The van der Waals surface area contributed by atoms with Crippen molar-refractivity contribution in [3.05, 3.63) is 28.8 Å². The highest BCUT2D eigenvalue weighted by molar-refractivity contribution is 7.89. The Labute approximate surface area is 129 Å². The van der Waals surface area contributed by atoms with Crippen LogP contribution in [0.5, 0.6) is 0 Å². The molecule has 0 aliphatic heterocycles. The first-order valence-electron chi connectivity index (χ1n) is 6.37. The van der Waals surface area contributed by atoms with E-state index in [0.29, 0.717) is 5.56 Å². The van der Waals surface area contributed by atoms with Crippen LogP contribution in [0.2, 0.25) is 5.02 Å². The summed E-state index contributed by atoms with van der Waals surface area (Å²) in [4.78, 5) is 0.283. The maximum absolute atomic E-state index is 12.4. The van der Waals surface area contributed by atoms with Crippen molar-refractivity contribution in [1.29, 1.82) is 0 Å². The number of hydrogen-bond acceptors (Lipinski definition) is 3.